The van der Waals surface area contributed by atoms with Gasteiger partial charge in [0.2, 0.25) is 0 Å². The number of rotatable bonds is 4. The van der Waals surface area contributed by atoms with E-state index in [1.165, 1.54) is 0 Å². The summed E-state index contributed by atoms with van der Waals surface area (Å²) < 4.78 is 7.11. The Kier molecular flexibility index (Phi) is 5.31. The van der Waals surface area contributed by atoms with Gasteiger partial charge in [0.1, 0.15) is 5.65 Å². The highest BCUT2D eigenvalue weighted by molar-refractivity contribution is 5.67. The van der Waals surface area contributed by atoms with Gasteiger partial charge in [-0.2, -0.15) is 5.10 Å². The van der Waals surface area contributed by atoms with E-state index < -0.39 is 0 Å². The van der Waals surface area contributed by atoms with Gasteiger partial charge in [0.05, 0.1) is 18.0 Å². The van der Waals surface area contributed by atoms with Gasteiger partial charge in [-0.25, -0.2) is 9.31 Å². The second kappa shape index (κ2) is 7.49. The molecule has 3 rings (SSSR count). The zero-order valence-electron chi connectivity index (χ0n) is 15.9. The van der Waals surface area contributed by atoms with Crippen LogP contribution in [0.5, 0.6) is 0 Å². The van der Waals surface area contributed by atoms with Crippen molar-refractivity contribution < 1.29 is 9.53 Å². The van der Waals surface area contributed by atoms with Gasteiger partial charge in [0, 0.05) is 37.2 Å². The number of ether oxygens (including phenoxy) is 1. The third-order valence-electron chi connectivity index (χ3n) is 4.60. The number of H-pyrrole nitrogens is 1. The molecule has 26 heavy (non-hydrogen) atoms. The van der Waals surface area contributed by atoms with Gasteiger partial charge in [0.15, 0.2) is 0 Å². The highest BCUT2D eigenvalue weighted by Crippen LogP contribution is 2.28. The summed E-state index contributed by atoms with van der Waals surface area (Å²) in [6.45, 7) is 5.65. The Labute approximate surface area is 152 Å². The minimum atomic E-state index is -0.262. The van der Waals surface area contributed by atoms with Crippen LogP contribution >= 0.6 is 0 Å². The topological polar surface area (TPSA) is 82.9 Å². The van der Waals surface area contributed by atoms with Crippen LogP contribution in [-0.2, 0) is 11.3 Å². The van der Waals surface area contributed by atoms with Crippen LogP contribution < -0.4 is 5.56 Å². The maximum absolute atomic E-state index is 12.2. The van der Waals surface area contributed by atoms with Gasteiger partial charge >= 0.3 is 6.09 Å². The summed E-state index contributed by atoms with van der Waals surface area (Å²) in [4.78, 5) is 30.9. The van der Waals surface area contributed by atoms with Crippen LogP contribution in [0.2, 0.25) is 0 Å². The number of aromatic nitrogens is 3. The molecule has 1 aliphatic heterocycles. The lowest BCUT2D eigenvalue weighted by Gasteiger charge is -2.31. The molecular formula is C18H27N5O3. The molecule has 0 atom stereocenters. The molecule has 1 saturated heterocycles. The third kappa shape index (κ3) is 3.90. The van der Waals surface area contributed by atoms with Crippen LogP contribution in [-0.4, -0.2) is 63.8 Å². The Morgan fingerprint density at radius 2 is 2.08 bits per heavy atom. The number of nitrogens with one attached hydrogen (secondary N) is 1. The smallest absolute Gasteiger partial charge is 0.410 e. The quantitative estimate of drug-likeness (QED) is 0.898. The maximum Gasteiger partial charge on any atom is 0.410 e. The molecule has 0 unspecified atom stereocenters. The summed E-state index contributed by atoms with van der Waals surface area (Å²) in [6, 6.07) is 1.63. The van der Waals surface area contributed by atoms with Crippen molar-refractivity contribution in [2.24, 2.45) is 0 Å². The van der Waals surface area contributed by atoms with Crippen LogP contribution in [0.3, 0.4) is 0 Å². The molecule has 2 aromatic heterocycles. The van der Waals surface area contributed by atoms with Crippen molar-refractivity contribution in [3.05, 3.63) is 33.9 Å². The summed E-state index contributed by atoms with van der Waals surface area (Å²) in [5, 5.41) is 4.50. The normalized spacial score (nSPS) is 16.0. The highest BCUT2D eigenvalue weighted by atomic mass is 16.6. The van der Waals surface area contributed by atoms with Gasteiger partial charge in [-0.3, -0.25) is 4.79 Å². The van der Waals surface area contributed by atoms with Crippen molar-refractivity contribution in [1.29, 1.82) is 0 Å². The fourth-order valence-electron chi connectivity index (χ4n) is 3.44. The van der Waals surface area contributed by atoms with Crippen molar-refractivity contribution >= 4 is 11.7 Å². The molecule has 2 aromatic rings. The highest BCUT2D eigenvalue weighted by Gasteiger charge is 2.27. The summed E-state index contributed by atoms with van der Waals surface area (Å²) in [5.41, 5.74) is 2.54. The second-order valence-electron chi connectivity index (χ2n) is 7.42. The molecular weight excluding hydrogens is 334 g/mol. The molecule has 1 fully saturated rings. The van der Waals surface area contributed by atoms with E-state index in [1.54, 1.807) is 11.0 Å². The standard InChI is InChI=1S/C18H27N5O3/c1-12(2)26-18(25)22-7-5-13(6-8-22)15-9-16(24)20-17-14(11-21(3)4)10-19-23(15)17/h9-10,12-13H,5-8,11H2,1-4H3,(H,20,24). The van der Waals surface area contributed by atoms with E-state index >= 15 is 0 Å². The van der Waals surface area contributed by atoms with E-state index in [1.807, 2.05) is 43.6 Å². The van der Waals surface area contributed by atoms with Gasteiger partial charge in [-0.1, -0.05) is 0 Å². The number of hydrogen-bond donors (Lipinski definition) is 1. The fraction of sp³-hybridized carbons (Fsp3) is 0.611. The molecule has 0 aromatic carbocycles. The van der Waals surface area contributed by atoms with Crippen LogP contribution in [0.1, 0.15) is 43.9 Å². The lowest BCUT2D eigenvalue weighted by Crippen LogP contribution is -2.39. The number of piperidine rings is 1. The van der Waals surface area contributed by atoms with E-state index in [4.69, 9.17) is 4.74 Å². The first-order valence-corrected chi connectivity index (χ1v) is 9.05. The van der Waals surface area contributed by atoms with Crippen molar-refractivity contribution in [3.63, 3.8) is 0 Å². The number of aromatic amines is 1. The minimum absolute atomic E-state index is 0.116. The molecule has 142 valence electrons. The van der Waals surface area contributed by atoms with Crippen LogP contribution in [0, 0.1) is 0 Å². The lowest BCUT2D eigenvalue weighted by molar-refractivity contribution is 0.0689. The van der Waals surface area contributed by atoms with Crippen molar-refractivity contribution in [3.8, 4) is 0 Å². The zero-order chi connectivity index (χ0) is 18.8. The largest absolute Gasteiger partial charge is 0.447 e. The van der Waals surface area contributed by atoms with Gasteiger partial charge < -0.3 is 19.5 Å². The first kappa shape index (κ1) is 18.4. The van der Waals surface area contributed by atoms with E-state index in [-0.39, 0.29) is 23.7 Å². The fourth-order valence-corrected chi connectivity index (χ4v) is 3.44. The molecule has 1 N–H and O–H groups in total. The van der Waals surface area contributed by atoms with Crippen LogP contribution in [0.4, 0.5) is 4.79 Å². The monoisotopic (exact) mass is 361 g/mol. The molecule has 1 aliphatic rings. The molecule has 8 heteroatoms. The summed E-state index contributed by atoms with van der Waals surface area (Å²) in [5.74, 6) is 0.190. The first-order valence-electron chi connectivity index (χ1n) is 9.05. The molecule has 0 saturated carbocycles. The van der Waals surface area contributed by atoms with Gasteiger partial charge in [0.25, 0.3) is 5.56 Å². The number of amides is 1. The van der Waals surface area contributed by atoms with E-state index in [9.17, 15) is 9.59 Å². The number of carbonyl (C=O) groups is 1. The summed E-state index contributed by atoms with van der Waals surface area (Å²) in [6.07, 6.45) is 3.00. The molecule has 3 heterocycles. The molecule has 0 bridgehead atoms. The molecule has 0 radical (unpaired) electrons. The maximum atomic E-state index is 12.2. The summed E-state index contributed by atoms with van der Waals surface area (Å²) in [7, 11) is 3.97. The number of hydrogen-bond acceptors (Lipinski definition) is 5. The number of likely N-dealkylation sites (tertiary alicyclic amines) is 1. The second-order valence-corrected chi connectivity index (χ2v) is 7.42. The Hall–Kier alpha value is -2.35. The molecule has 0 aliphatic carbocycles. The van der Waals surface area contributed by atoms with Crippen molar-refractivity contribution in [2.75, 3.05) is 27.2 Å². The average molecular weight is 361 g/mol. The van der Waals surface area contributed by atoms with E-state index in [0.29, 0.717) is 19.6 Å². The predicted molar refractivity (Wildman–Crippen MR) is 98.4 cm³/mol. The van der Waals surface area contributed by atoms with Gasteiger partial charge in [-0.05, 0) is 40.8 Å². The number of nitrogens with zero attached hydrogens (tertiary/aromatic N) is 4. The Morgan fingerprint density at radius 1 is 1.38 bits per heavy atom. The zero-order valence-corrected chi connectivity index (χ0v) is 15.9. The summed E-state index contributed by atoms with van der Waals surface area (Å²) >= 11 is 0. The number of carbonyl (C=O) groups excluding carboxylic acids is 1. The molecule has 8 nitrogen and oxygen atoms in total. The number of fused-ring (bicyclic) bond motifs is 1. The van der Waals surface area contributed by atoms with Crippen LogP contribution in [0.25, 0.3) is 5.65 Å². The van der Waals surface area contributed by atoms with E-state index in [0.717, 1.165) is 29.7 Å². The van der Waals surface area contributed by atoms with Gasteiger partial charge in [-0.15, -0.1) is 0 Å². The SMILES string of the molecule is CC(C)OC(=O)N1CCC(c2cc(=O)[nH]c3c(CN(C)C)cnn23)CC1. The average Bonchev–Trinajstić information content (AvgIpc) is 2.96. The van der Waals surface area contributed by atoms with E-state index in [2.05, 4.69) is 10.1 Å². The molecule has 1 amide bonds. The van der Waals surface area contributed by atoms with Crippen molar-refractivity contribution in [1.82, 2.24) is 24.4 Å². The Bertz CT molecular complexity index is 831. The predicted octanol–water partition coefficient (Wildman–Crippen LogP) is 1.81. The molecule has 0 spiro atoms. The first-order chi connectivity index (χ1) is 12.3. The Morgan fingerprint density at radius 3 is 2.69 bits per heavy atom. The Balaban J connectivity index is 1.80. The van der Waals surface area contributed by atoms with Crippen molar-refractivity contribution in [2.45, 2.75) is 45.3 Å². The van der Waals surface area contributed by atoms with Crippen LogP contribution in [0.15, 0.2) is 17.1 Å². The lowest BCUT2D eigenvalue weighted by atomic mass is 9.93. The third-order valence-corrected chi connectivity index (χ3v) is 4.60. The minimum Gasteiger partial charge on any atom is -0.447 e.